The van der Waals surface area contributed by atoms with Crippen LogP contribution in [0.5, 0.6) is 0 Å². The molecule has 0 unspecified atom stereocenters. The van der Waals surface area contributed by atoms with E-state index in [1.165, 1.54) is 7.11 Å². The van der Waals surface area contributed by atoms with Crippen molar-refractivity contribution in [2.75, 3.05) is 7.11 Å². The number of allylic oxidation sites excluding steroid dienone is 1. The summed E-state index contributed by atoms with van der Waals surface area (Å²) in [6.45, 7) is 0.403. The molecular weight excluding hydrogens is 318 g/mol. The number of para-hydroxylation sites is 1. The topological polar surface area (TPSA) is 92.0 Å². The van der Waals surface area contributed by atoms with Crippen LogP contribution in [0.4, 0.5) is 0 Å². The maximum atomic E-state index is 11.5. The van der Waals surface area contributed by atoms with Gasteiger partial charge in [0.05, 0.1) is 13.7 Å². The highest BCUT2D eigenvalue weighted by Gasteiger charge is 2.13. The zero-order valence-electron chi connectivity index (χ0n) is 13.4. The van der Waals surface area contributed by atoms with Crippen LogP contribution in [-0.4, -0.2) is 17.6 Å². The van der Waals surface area contributed by atoms with Crippen molar-refractivity contribution >= 4 is 22.9 Å². The van der Waals surface area contributed by atoms with Gasteiger partial charge >= 0.3 is 5.97 Å². The van der Waals surface area contributed by atoms with Gasteiger partial charge in [-0.1, -0.05) is 18.2 Å². The first-order valence-corrected chi connectivity index (χ1v) is 7.43. The van der Waals surface area contributed by atoms with Crippen molar-refractivity contribution in [3.05, 3.63) is 65.3 Å². The van der Waals surface area contributed by atoms with Crippen molar-refractivity contribution < 1.29 is 13.9 Å². The lowest BCUT2D eigenvalue weighted by atomic mass is 10.1. The van der Waals surface area contributed by atoms with E-state index in [-0.39, 0.29) is 11.3 Å². The minimum atomic E-state index is -0.528. The van der Waals surface area contributed by atoms with Gasteiger partial charge in [0, 0.05) is 22.7 Å². The molecule has 0 aliphatic rings. The second-order valence-corrected chi connectivity index (χ2v) is 5.27. The van der Waals surface area contributed by atoms with Gasteiger partial charge in [-0.2, -0.15) is 10.5 Å². The molecule has 0 fully saturated rings. The van der Waals surface area contributed by atoms with E-state index >= 15 is 0 Å². The first kappa shape index (κ1) is 16.1. The molecule has 0 aliphatic heterocycles. The second kappa shape index (κ2) is 6.77. The van der Waals surface area contributed by atoms with Crippen LogP contribution in [0.3, 0.4) is 0 Å². The zero-order valence-corrected chi connectivity index (χ0v) is 13.4. The fraction of sp³-hybridized carbons (Fsp3) is 0.105. The number of methoxy groups -OCH3 is 1. The Kier molecular flexibility index (Phi) is 4.36. The molecule has 2 aromatic heterocycles. The van der Waals surface area contributed by atoms with Crippen molar-refractivity contribution in [1.29, 1.82) is 10.5 Å². The average molecular weight is 331 g/mol. The molecule has 2 heterocycles. The van der Waals surface area contributed by atoms with Crippen LogP contribution < -0.4 is 0 Å². The summed E-state index contributed by atoms with van der Waals surface area (Å²) in [5, 5.41) is 18.9. The third-order valence-corrected chi connectivity index (χ3v) is 3.73. The SMILES string of the molecule is COC(=O)c1ccc(Cn2cc(C=C(C#N)C#N)c3ccccc32)o1. The smallest absolute Gasteiger partial charge is 0.373 e. The summed E-state index contributed by atoms with van der Waals surface area (Å²) in [6, 6.07) is 14.7. The number of aromatic nitrogens is 1. The largest absolute Gasteiger partial charge is 0.463 e. The maximum absolute atomic E-state index is 11.5. The Labute approximate surface area is 143 Å². The molecule has 3 aromatic rings. The van der Waals surface area contributed by atoms with Crippen LogP contribution >= 0.6 is 0 Å². The number of nitrogens with zero attached hydrogens (tertiary/aromatic N) is 3. The van der Waals surface area contributed by atoms with Gasteiger partial charge in [0.1, 0.15) is 23.5 Å². The maximum Gasteiger partial charge on any atom is 0.373 e. The Bertz CT molecular complexity index is 1040. The molecule has 0 saturated heterocycles. The van der Waals surface area contributed by atoms with Crippen molar-refractivity contribution in [3.63, 3.8) is 0 Å². The lowest BCUT2D eigenvalue weighted by Crippen LogP contribution is -1.99. The number of carbonyl (C=O) groups excluding carboxylic acids is 1. The van der Waals surface area contributed by atoms with Crippen LogP contribution in [-0.2, 0) is 11.3 Å². The number of carbonyl (C=O) groups is 1. The van der Waals surface area contributed by atoms with Gasteiger partial charge in [0.25, 0.3) is 0 Å². The van der Waals surface area contributed by atoms with E-state index in [4.69, 9.17) is 14.9 Å². The van der Waals surface area contributed by atoms with Gasteiger partial charge in [-0.3, -0.25) is 0 Å². The van der Waals surface area contributed by atoms with Crippen LogP contribution in [0.1, 0.15) is 21.9 Å². The van der Waals surface area contributed by atoms with Crippen LogP contribution in [0.15, 0.2) is 52.6 Å². The van der Waals surface area contributed by atoms with Crippen LogP contribution in [0.25, 0.3) is 17.0 Å². The first-order valence-electron chi connectivity index (χ1n) is 7.43. The molecule has 25 heavy (non-hydrogen) atoms. The molecular formula is C19H13N3O3. The highest BCUT2D eigenvalue weighted by molar-refractivity contribution is 5.91. The number of rotatable bonds is 4. The Balaban J connectivity index is 2.02. The minimum absolute atomic E-state index is 0.0360. The normalized spacial score (nSPS) is 10.0. The molecule has 122 valence electrons. The molecule has 1 aromatic carbocycles. The quantitative estimate of drug-likeness (QED) is 0.539. The number of hydrogen-bond donors (Lipinski definition) is 0. The van der Waals surface area contributed by atoms with E-state index in [0.29, 0.717) is 12.3 Å². The standard InChI is InChI=1S/C19H13N3O3/c1-24-19(23)18-7-6-15(25-18)12-22-11-14(8-13(9-20)10-21)16-4-2-3-5-17(16)22/h2-8,11H,12H2,1H3. The minimum Gasteiger partial charge on any atom is -0.463 e. The highest BCUT2D eigenvalue weighted by atomic mass is 16.5. The van der Waals surface area contributed by atoms with Gasteiger partial charge < -0.3 is 13.7 Å². The Morgan fingerprint density at radius 3 is 2.72 bits per heavy atom. The predicted molar refractivity (Wildman–Crippen MR) is 90.3 cm³/mol. The number of ether oxygens (including phenoxy) is 1. The van der Waals surface area contributed by atoms with E-state index in [1.807, 2.05) is 47.2 Å². The number of esters is 1. The molecule has 0 aliphatic carbocycles. The Morgan fingerprint density at radius 1 is 1.24 bits per heavy atom. The fourth-order valence-electron chi connectivity index (χ4n) is 2.61. The third kappa shape index (κ3) is 3.15. The van der Waals surface area contributed by atoms with Gasteiger partial charge in [-0.15, -0.1) is 0 Å². The van der Waals surface area contributed by atoms with E-state index < -0.39 is 5.97 Å². The molecule has 0 radical (unpaired) electrons. The summed E-state index contributed by atoms with van der Waals surface area (Å²) < 4.78 is 12.1. The second-order valence-electron chi connectivity index (χ2n) is 5.27. The van der Waals surface area contributed by atoms with E-state index in [1.54, 1.807) is 18.2 Å². The average Bonchev–Trinajstić information content (AvgIpc) is 3.25. The first-order chi connectivity index (χ1) is 12.2. The predicted octanol–water partition coefficient (Wildman–Crippen LogP) is 3.50. The van der Waals surface area contributed by atoms with Crippen molar-refractivity contribution in [3.8, 4) is 12.1 Å². The summed E-state index contributed by atoms with van der Waals surface area (Å²) in [5.41, 5.74) is 1.74. The zero-order chi connectivity index (χ0) is 17.8. The summed E-state index contributed by atoms with van der Waals surface area (Å²) >= 11 is 0. The summed E-state index contributed by atoms with van der Waals surface area (Å²) in [5.74, 6) is 0.211. The Morgan fingerprint density at radius 2 is 2.00 bits per heavy atom. The molecule has 0 N–H and O–H groups in total. The fourth-order valence-corrected chi connectivity index (χ4v) is 2.61. The number of hydrogen-bond acceptors (Lipinski definition) is 5. The Hall–Kier alpha value is -3.77. The number of fused-ring (bicyclic) bond motifs is 1. The van der Waals surface area contributed by atoms with E-state index in [9.17, 15) is 4.79 Å². The molecule has 0 spiro atoms. The van der Waals surface area contributed by atoms with Crippen LogP contribution in [0, 0.1) is 22.7 Å². The molecule has 0 saturated carbocycles. The van der Waals surface area contributed by atoms with Gasteiger partial charge in [-0.05, 0) is 24.3 Å². The molecule has 0 atom stereocenters. The van der Waals surface area contributed by atoms with Gasteiger partial charge in [0.15, 0.2) is 0 Å². The lowest BCUT2D eigenvalue weighted by Gasteiger charge is -2.02. The summed E-state index contributed by atoms with van der Waals surface area (Å²) in [4.78, 5) is 11.5. The number of furan rings is 1. The van der Waals surface area contributed by atoms with Gasteiger partial charge in [-0.25, -0.2) is 4.79 Å². The number of nitriles is 2. The summed E-state index contributed by atoms with van der Waals surface area (Å²) in [6.07, 6.45) is 3.40. The molecule has 0 bridgehead atoms. The molecule has 0 amide bonds. The molecule has 6 nitrogen and oxygen atoms in total. The van der Waals surface area contributed by atoms with E-state index in [2.05, 4.69) is 4.74 Å². The lowest BCUT2D eigenvalue weighted by molar-refractivity contribution is 0.0563. The van der Waals surface area contributed by atoms with Crippen LogP contribution in [0.2, 0.25) is 0 Å². The number of benzene rings is 1. The van der Waals surface area contributed by atoms with E-state index in [0.717, 1.165) is 16.5 Å². The molecule has 3 rings (SSSR count). The monoisotopic (exact) mass is 331 g/mol. The van der Waals surface area contributed by atoms with Crippen molar-refractivity contribution in [1.82, 2.24) is 4.57 Å². The summed E-state index contributed by atoms with van der Waals surface area (Å²) in [7, 11) is 1.30. The van der Waals surface area contributed by atoms with Crippen molar-refractivity contribution in [2.24, 2.45) is 0 Å². The third-order valence-electron chi connectivity index (χ3n) is 3.73. The molecule has 6 heteroatoms. The van der Waals surface area contributed by atoms with Crippen molar-refractivity contribution in [2.45, 2.75) is 6.54 Å². The highest BCUT2D eigenvalue weighted by Crippen LogP contribution is 2.25. The van der Waals surface area contributed by atoms with Gasteiger partial charge in [0.2, 0.25) is 5.76 Å².